The third-order valence-electron chi connectivity index (χ3n) is 4.08. The summed E-state index contributed by atoms with van der Waals surface area (Å²) in [6, 6.07) is 15.6. The Balaban J connectivity index is 1.68. The number of ketones is 1. The van der Waals surface area contributed by atoms with Crippen molar-refractivity contribution in [2.45, 2.75) is 6.92 Å². The van der Waals surface area contributed by atoms with E-state index in [1.807, 2.05) is 55.5 Å². The first-order valence-electron chi connectivity index (χ1n) is 7.83. The SMILES string of the molecule is Cc1ccccc1Nc1nc(N)c(C(=O)c2c[nH]c3ccccc23)s1. The largest absolute Gasteiger partial charge is 0.382 e. The molecule has 4 rings (SSSR count). The molecule has 25 heavy (non-hydrogen) atoms. The third kappa shape index (κ3) is 2.77. The van der Waals surface area contributed by atoms with E-state index >= 15 is 0 Å². The van der Waals surface area contributed by atoms with E-state index in [1.165, 1.54) is 11.3 Å². The van der Waals surface area contributed by atoms with E-state index in [1.54, 1.807) is 6.20 Å². The Hall–Kier alpha value is -3.12. The molecule has 0 atom stereocenters. The van der Waals surface area contributed by atoms with E-state index in [0.717, 1.165) is 22.2 Å². The van der Waals surface area contributed by atoms with Crippen molar-refractivity contribution >= 4 is 44.7 Å². The van der Waals surface area contributed by atoms with Crippen LogP contribution >= 0.6 is 11.3 Å². The molecular weight excluding hydrogens is 332 g/mol. The first kappa shape index (κ1) is 15.4. The Labute approximate surface area is 148 Å². The van der Waals surface area contributed by atoms with Crippen LogP contribution in [-0.4, -0.2) is 15.8 Å². The first-order valence-corrected chi connectivity index (χ1v) is 8.65. The zero-order valence-corrected chi connectivity index (χ0v) is 14.4. The Morgan fingerprint density at radius 3 is 2.76 bits per heavy atom. The fourth-order valence-electron chi connectivity index (χ4n) is 2.76. The molecule has 124 valence electrons. The minimum atomic E-state index is -0.120. The molecule has 0 amide bonds. The minimum absolute atomic E-state index is 0.120. The van der Waals surface area contributed by atoms with Crippen LogP contribution in [0, 0.1) is 6.92 Å². The van der Waals surface area contributed by atoms with Gasteiger partial charge < -0.3 is 16.0 Å². The second-order valence-corrected chi connectivity index (χ2v) is 6.75. The Bertz CT molecular complexity index is 1080. The van der Waals surface area contributed by atoms with Crippen LogP contribution in [0.3, 0.4) is 0 Å². The summed E-state index contributed by atoms with van der Waals surface area (Å²) < 4.78 is 0. The monoisotopic (exact) mass is 348 g/mol. The molecule has 0 saturated carbocycles. The average molecular weight is 348 g/mol. The topological polar surface area (TPSA) is 83.8 Å². The number of aromatic amines is 1. The van der Waals surface area contributed by atoms with E-state index in [-0.39, 0.29) is 11.6 Å². The molecule has 2 aromatic heterocycles. The van der Waals surface area contributed by atoms with Crippen molar-refractivity contribution < 1.29 is 4.79 Å². The molecule has 6 heteroatoms. The number of nitrogen functional groups attached to an aromatic ring is 1. The van der Waals surface area contributed by atoms with Gasteiger partial charge >= 0.3 is 0 Å². The van der Waals surface area contributed by atoms with Crippen molar-refractivity contribution in [3.8, 4) is 0 Å². The summed E-state index contributed by atoms with van der Waals surface area (Å²) in [6.45, 7) is 2.01. The number of H-pyrrole nitrogens is 1. The number of fused-ring (bicyclic) bond motifs is 1. The van der Waals surface area contributed by atoms with Gasteiger partial charge in [-0.2, -0.15) is 0 Å². The van der Waals surface area contributed by atoms with E-state index in [9.17, 15) is 4.79 Å². The predicted molar refractivity (Wildman–Crippen MR) is 103 cm³/mol. The lowest BCUT2D eigenvalue weighted by atomic mass is 10.1. The zero-order valence-electron chi connectivity index (χ0n) is 13.5. The number of rotatable bonds is 4. The van der Waals surface area contributed by atoms with Crippen LogP contribution in [0.4, 0.5) is 16.6 Å². The summed E-state index contributed by atoms with van der Waals surface area (Å²) in [6.07, 6.45) is 1.72. The lowest BCUT2D eigenvalue weighted by Gasteiger charge is -2.05. The molecule has 0 bridgehead atoms. The van der Waals surface area contributed by atoms with Gasteiger partial charge in [0.1, 0.15) is 10.7 Å². The minimum Gasteiger partial charge on any atom is -0.382 e. The van der Waals surface area contributed by atoms with Gasteiger partial charge in [0.2, 0.25) is 5.78 Å². The molecule has 0 spiro atoms. The number of hydrogen-bond donors (Lipinski definition) is 3. The Morgan fingerprint density at radius 1 is 1.16 bits per heavy atom. The molecule has 2 heterocycles. The number of carbonyl (C=O) groups excluding carboxylic acids is 1. The molecular formula is C19H16N4OS. The van der Waals surface area contributed by atoms with Gasteiger partial charge in [0, 0.05) is 28.4 Å². The molecule has 0 aliphatic carbocycles. The Kier molecular flexibility index (Phi) is 3.74. The normalized spacial score (nSPS) is 10.9. The van der Waals surface area contributed by atoms with Gasteiger partial charge in [0.25, 0.3) is 0 Å². The molecule has 5 nitrogen and oxygen atoms in total. The number of benzene rings is 2. The van der Waals surface area contributed by atoms with Crippen LogP contribution in [-0.2, 0) is 0 Å². The molecule has 0 saturated heterocycles. The van der Waals surface area contributed by atoms with Crippen molar-refractivity contribution in [1.82, 2.24) is 9.97 Å². The highest BCUT2D eigenvalue weighted by Crippen LogP contribution is 2.32. The molecule has 0 radical (unpaired) electrons. The number of carbonyl (C=O) groups is 1. The molecule has 0 aliphatic rings. The number of nitrogens with two attached hydrogens (primary N) is 1. The van der Waals surface area contributed by atoms with Gasteiger partial charge in [-0.05, 0) is 24.6 Å². The van der Waals surface area contributed by atoms with Gasteiger partial charge in [-0.15, -0.1) is 0 Å². The maximum absolute atomic E-state index is 12.9. The second kappa shape index (κ2) is 6.07. The van der Waals surface area contributed by atoms with Crippen LogP contribution in [0.5, 0.6) is 0 Å². The second-order valence-electron chi connectivity index (χ2n) is 5.75. The number of thiazole rings is 1. The van der Waals surface area contributed by atoms with Crippen molar-refractivity contribution in [3.05, 3.63) is 70.7 Å². The number of para-hydroxylation sites is 2. The zero-order chi connectivity index (χ0) is 17.4. The van der Waals surface area contributed by atoms with Crippen LogP contribution in [0.15, 0.2) is 54.7 Å². The van der Waals surface area contributed by atoms with E-state index < -0.39 is 0 Å². The van der Waals surface area contributed by atoms with Gasteiger partial charge in [-0.3, -0.25) is 4.79 Å². The van der Waals surface area contributed by atoms with E-state index in [0.29, 0.717) is 15.6 Å². The first-order chi connectivity index (χ1) is 12.1. The molecule has 0 unspecified atom stereocenters. The van der Waals surface area contributed by atoms with Crippen LogP contribution < -0.4 is 11.1 Å². The number of anilines is 3. The predicted octanol–water partition coefficient (Wildman–Crippen LogP) is 4.49. The van der Waals surface area contributed by atoms with Crippen LogP contribution in [0.1, 0.15) is 20.8 Å². The van der Waals surface area contributed by atoms with Crippen molar-refractivity contribution in [3.63, 3.8) is 0 Å². The van der Waals surface area contributed by atoms with Gasteiger partial charge in [0.15, 0.2) is 5.13 Å². The summed E-state index contributed by atoms with van der Waals surface area (Å²) in [5.74, 6) is 0.127. The summed E-state index contributed by atoms with van der Waals surface area (Å²) in [5, 5.41) is 4.73. The van der Waals surface area contributed by atoms with Crippen LogP contribution in [0.25, 0.3) is 10.9 Å². The van der Waals surface area contributed by atoms with Crippen molar-refractivity contribution in [2.24, 2.45) is 0 Å². The van der Waals surface area contributed by atoms with Crippen molar-refractivity contribution in [2.75, 3.05) is 11.1 Å². The average Bonchev–Trinajstić information content (AvgIpc) is 3.20. The number of nitrogens with one attached hydrogen (secondary N) is 2. The maximum atomic E-state index is 12.9. The summed E-state index contributed by atoms with van der Waals surface area (Å²) in [7, 11) is 0. The fraction of sp³-hybridized carbons (Fsp3) is 0.0526. The number of aryl methyl sites for hydroxylation is 1. The van der Waals surface area contributed by atoms with Crippen molar-refractivity contribution in [1.29, 1.82) is 0 Å². The number of aromatic nitrogens is 2. The highest BCUT2D eigenvalue weighted by molar-refractivity contribution is 7.18. The summed E-state index contributed by atoms with van der Waals surface area (Å²) >= 11 is 1.27. The molecule has 0 fully saturated rings. The fourth-order valence-corrected chi connectivity index (χ4v) is 3.61. The number of hydrogen-bond acceptors (Lipinski definition) is 5. The quantitative estimate of drug-likeness (QED) is 0.475. The lowest BCUT2D eigenvalue weighted by molar-refractivity contribution is 0.104. The maximum Gasteiger partial charge on any atom is 0.208 e. The summed E-state index contributed by atoms with van der Waals surface area (Å²) in [5.41, 5.74) is 9.59. The Morgan fingerprint density at radius 2 is 1.92 bits per heavy atom. The van der Waals surface area contributed by atoms with E-state index in [4.69, 9.17) is 5.73 Å². The van der Waals surface area contributed by atoms with Gasteiger partial charge in [-0.1, -0.05) is 47.7 Å². The van der Waals surface area contributed by atoms with Crippen LogP contribution in [0.2, 0.25) is 0 Å². The highest BCUT2D eigenvalue weighted by Gasteiger charge is 2.21. The molecule has 0 aliphatic heterocycles. The molecule has 4 aromatic rings. The van der Waals surface area contributed by atoms with Gasteiger partial charge in [0.05, 0.1) is 0 Å². The smallest absolute Gasteiger partial charge is 0.208 e. The number of nitrogens with zero attached hydrogens (tertiary/aromatic N) is 1. The third-order valence-corrected chi connectivity index (χ3v) is 5.07. The molecule has 4 N–H and O–H groups in total. The van der Waals surface area contributed by atoms with Gasteiger partial charge in [-0.25, -0.2) is 4.98 Å². The standard InChI is InChI=1S/C19H16N4OS/c1-11-6-2-4-8-14(11)22-19-23-18(20)17(25-19)16(24)13-10-21-15-9-5-3-7-12(13)15/h2-10,21H,20H2,1H3,(H,22,23). The lowest BCUT2D eigenvalue weighted by Crippen LogP contribution is -2.01. The highest BCUT2D eigenvalue weighted by atomic mass is 32.1. The molecule has 2 aromatic carbocycles. The van der Waals surface area contributed by atoms with E-state index in [2.05, 4.69) is 15.3 Å². The summed E-state index contributed by atoms with van der Waals surface area (Å²) in [4.78, 5) is 20.8.